The minimum Gasteiger partial charge on any atom is -0.464 e. The topological polar surface area (TPSA) is 112 Å². The highest BCUT2D eigenvalue weighted by molar-refractivity contribution is 7.90. The van der Waals surface area contributed by atoms with E-state index in [9.17, 15) is 13.2 Å². The Kier molecular flexibility index (Phi) is 6.48. The van der Waals surface area contributed by atoms with Gasteiger partial charge in [0.2, 0.25) is 5.95 Å². The molecule has 1 N–H and O–H groups in total. The van der Waals surface area contributed by atoms with E-state index < -0.39 is 16.0 Å². The van der Waals surface area contributed by atoms with Crippen LogP contribution < -0.4 is 5.32 Å². The van der Waals surface area contributed by atoms with Crippen LogP contribution in [0.25, 0.3) is 11.3 Å². The second kappa shape index (κ2) is 9.32. The maximum atomic E-state index is 13.3. The molecule has 9 nitrogen and oxygen atoms in total. The predicted octanol–water partition coefficient (Wildman–Crippen LogP) is 3.18. The van der Waals surface area contributed by atoms with Crippen LogP contribution in [0.5, 0.6) is 0 Å². The minimum absolute atomic E-state index is 0.0710. The summed E-state index contributed by atoms with van der Waals surface area (Å²) in [5.41, 5.74) is 2.57. The molecule has 0 saturated carbocycles. The van der Waals surface area contributed by atoms with Crippen LogP contribution in [0.1, 0.15) is 34.5 Å². The largest absolute Gasteiger partial charge is 0.464 e. The number of rotatable bonds is 6. The third-order valence-corrected chi connectivity index (χ3v) is 7.25. The lowest BCUT2D eigenvalue weighted by atomic mass is 10.1. The van der Waals surface area contributed by atoms with Crippen molar-refractivity contribution in [2.75, 3.05) is 25.6 Å². The number of benzene rings is 1. The van der Waals surface area contributed by atoms with Crippen molar-refractivity contribution in [1.82, 2.24) is 13.9 Å². The summed E-state index contributed by atoms with van der Waals surface area (Å²) in [4.78, 5) is 21.5. The second-order valence-electron chi connectivity index (χ2n) is 7.98. The van der Waals surface area contributed by atoms with Crippen LogP contribution in [-0.2, 0) is 19.5 Å². The van der Waals surface area contributed by atoms with Gasteiger partial charge in [0.15, 0.2) is 0 Å². The van der Waals surface area contributed by atoms with E-state index >= 15 is 0 Å². The lowest BCUT2D eigenvalue weighted by molar-refractivity contribution is 0.0593. The van der Waals surface area contributed by atoms with Crippen LogP contribution in [0, 0.1) is 13.8 Å². The molecule has 1 saturated heterocycles. The van der Waals surface area contributed by atoms with Crippen molar-refractivity contribution in [1.29, 1.82) is 0 Å². The average Bonchev–Trinajstić information content (AvgIpc) is 3.27. The number of hydrogen-bond acceptors (Lipinski definition) is 8. The van der Waals surface area contributed by atoms with Gasteiger partial charge in [-0.2, -0.15) is 0 Å². The van der Waals surface area contributed by atoms with Crippen LogP contribution in [0.4, 0.5) is 5.95 Å². The van der Waals surface area contributed by atoms with E-state index in [4.69, 9.17) is 9.47 Å². The van der Waals surface area contributed by atoms with Crippen molar-refractivity contribution in [2.24, 2.45) is 0 Å². The molecule has 0 atom stereocenters. The van der Waals surface area contributed by atoms with Crippen LogP contribution >= 0.6 is 0 Å². The molecule has 0 unspecified atom stereocenters. The fourth-order valence-corrected chi connectivity index (χ4v) is 5.02. The monoisotopic (exact) mass is 470 g/mol. The molecule has 1 fully saturated rings. The molecule has 0 bridgehead atoms. The van der Waals surface area contributed by atoms with Gasteiger partial charge in [0.05, 0.1) is 17.7 Å². The predicted molar refractivity (Wildman–Crippen MR) is 123 cm³/mol. The third-order valence-electron chi connectivity index (χ3n) is 5.56. The highest BCUT2D eigenvalue weighted by atomic mass is 32.2. The molecular weight excluding hydrogens is 444 g/mol. The quantitative estimate of drug-likeness (QED) is 0.547. The van der Waals surface area contributed by atoms with Crippen molar-refractivity contribution < 1.29 is 22.7 Å². The smallest absolute Gasteiger partial charge is 0.355 e. The first-order chi connectivity index (χ1) is 15.8. The molecule has 0 spiro atoms. The molecule has 174 valence electrons. The summed E-state index contributed by atoms with van der Waals surface area (Å²) >= 11 is 0. The van der Waals surface area contributed by atoms with Crippen LogP contribution in [0.15, 0.2) is 47.6 Å². The molecule has 1 aliphatic rings. The fourth-order valence-electron chi connectivity index (χ4n) is 3.68. The number of hydrogen-bond donors (Lipinski definition) is 1. The van der Waals surface area contributed by atoms with Crippen molar-refractivity contribution >= 4 is 21.9 Å². The molecule has 10 heteroatoms. The standard InChI is InChI=1S/C23H26N4O5S/c1-15-4-6-19(7-5-15)33(29,30)27-14-17(12-20(27)22(28)31-3)21-16(2)13-24-23(26-21)25-18-8-10-32-11-9-18/h4-7,12-14,18H,8-11H2,1-3H3,(H,24,25,26). The SMILES string of the molecule is COC(=O)c1cc(-c2nc(NC3CCOCC3)ncc2C)cn1S(=O)(=O)c1ccc(C)cc1. The van der Waals surface area contributed by atoms with Crippen LogP contribution in [0.2, 0.25) is 0 Å². The Bertz CT molecular complexity index is 1260. The van der Waals surface area contributed by atoms with Crippen molar-refractivity contribution in [3.8, 4) is 11.3 Å². The maximum absolute atomic E-state index is 13.3. The van der Waals surface area contributed by atoms with Crippen LogP contribution in [0.3, 0.4) is 0 Å². The average molecular weight is 471 g/mol. The van der Waals surface area contributed by atoms with E-state index in [2.05, 4.69) is 15.3 Å². The summed E-state index contributed by atoms with van der Waals surface area (Å²) in [5.74, 6) is -0.319. The summed E-state index contributed by atoms with van der Waals surface area (Å²) in [6, 6.07) is 8.11. The van der Waals surface area contributed by atoms with Gasteiger partial charge in [-0.3, -0.25) is 0 Å². The van der Waals surface area contributed by atoms with Gasteiger partial charge in [0.25, 0.3) is 10.0 Å². The number of aromatic nitrogens is 3. The van der Waals surface area contributed by atoms with E-state index in [0.29, 0.717) is 30.4 Å². The summed E-state index contributed by atoms with van der Waals surface area (Å²) in [6.45, 7) is 5.06. The Morgan fingerprint density at radius 1 is 1.18 bits per heavy atom. The Labute approximate surface area is 192 Å². The zero-order valence-corrected chi connectivity index (χ0v) is 19.6. The summed E-state index contributed by atoms with van der Waals surface area (Å²) in [7, 11) is -2.82. The number of methoxy groups -OCH3 is 1. The number of ether oxygens (including phenoxy) is 2. The first-order valence-corrected chi connectivity index (χ1v) is 12.0. The normalized spacial score (nSPS) is 14.8. The van der Waals surface area contributed by atoms with Crippen LogP contribution in [-0.4, -0.2) is 54.7 Å². The van der Waals surface area contributed by atoms with Gasteiger partial charge in [-0.15, -0.1) is 0 Å². The highest BCUT2D eigenvalue weighted by Crippen LogP contribution is 2.28. The Balaban J connectivity index is 1.76. The zero-order chi connectivity index (χ0) is 23.6. The second-order valence-corrected chi connectivity index (χ2v) is 9.79. The van der Waals surface area contributed by atoms with Crippen molar-refractivity contribution in [3.05, 3.63) is 59.5 Å². The van der Waals surface area contributed by atoms with Gasteiger partial charge in [0, 0.05) is 37.2 Å². The third kappa shape index (κ3) is 4.76. The molecule has 1 aliphatic heterocycles. The molecule has 33 heavy (non-hydrogen) atoms. The number of carbonyl (C=O) groups is 1. The van der Waals surface area contributed by atoms with Gasteiger partial charge >= 0.3 is 5.97 Å². The number of esters is 1. The van der Waals surface area contributed by atoms with Crippen molar-refractivity contribution in [3.63, 3.8) is 0 Å². The number of carbonyl (C=O) groups excluding carboxylic acids is 1. The molecule has 4 rings (SSSR count). The molecule has 1 aromatic carbocycles. The van der Waals surface area contributed by atoms with E-state index in [0.717, 1.165) is 27.9 Å². The Morgan fingerprint density at radius 2 is 1.88 bits per heavy atom. The summed E-state index contributed by atoms with van der Waals surface area (Å²) in [6.07, 6.45) is 4.77. The first kappa shape index (κ1) is 22.9. The number of nitrogens with one attached hydrogen (secondary N) is 1. The zero-order valence-electron chi connectivity index (χ0n) is 18.7. The van der Waals surface area contributed by atoms with E-state index in [1.165, 1.54) is 31.5 Å². The molecular formula is C23H26N4O5S. The van der Waals surface area contributed by atoms with Gasteiger partial charge < -0.3 is 14.8 Å². The fraction of sp³-hybridized carbons (Fsp3) is 0.348. The molecule has 3 heterocycles. The van der Waals surface area contributed by atoms with Crippen molar-refractivity contribution in [2.45, 2.75) is 37.6 Å². The van der Waals surface area contributed by atoms with Gasteiger partial charge in [-0.25, -0.2) is 27.2 Å². The minimum atomic E-state index is -4.03. The van der Waals surface area contributed by atoms with E-state index in [-0.39, 0.29) is 16.6 Å². The Morgan fingerprint density at radius 3 is 2.55 bits per heavy atom. The van der Waals surface area contributed by atoms with E-state index in [1.54, 1.807) is 18.3 Å². The molecule has 2 aromatic heterocycles. The van der Waals surface area contributed by atoms with Gasteiger partial charge in [0.1, 0.15) is 5.69 Å². The number of anilines is 1. The first-order valence-electron chi connectivity index (χ1n) is 10.6. The van der Waals surface area contributed by atoms with E-state index in [1.807, 2.05) is 13.8 Å². The molecule has 0 amide bonds. The lowest BCUT2D eigenvalue weighted by Crippen LogP contribution is -2.28. The number of nitrogens with zero attached hydrogens (tertiary/aromatic N) is 3. The van der Waals surface area contributed by atoms with Gasteiger partial charge in [-0.05, 0) is 50.5 Å². The van der Waals surface area contributed by atoms with Gasteiger partial charge in [-0.1, -0.05) is 17.7 Å². The maximum Gasteiger partial charge on any atom is 0.355 e. The summed E-state index contributed by atoms with van der Waals surface area (Å²) < 4.78 is 37.9. The number of aryl methyl sites for hydroxylation is 2. The highest BCUT2D eigenvalue weighted by Gasteiger charge is 2.26. The Hall–Kier alpha value is -3.24. The molecule has 0 radical (unpaired) electrons. The molecule has 0 aliphatic carbocycles. The lowest BCUT2D eigenvalue weighted by Gasteiger charge is -2.23. The summed E-state index contributed by atoms with van der Waals surface area (Å²) in [5, 5.41) is 3.32. The molecule has 3 aromatic rings.